The highest BCUT2D eigenvalue weighted by Gasteiger charge is 2.20. The van der Waals surface area contributed by atoms with E-state index >= 15 is 0 Å². The van der Waals surface area contributed by atoms with Crippen molar-refractivity contribution in [3.63, 3.8) is 0 Å². The summed E-state index contributed by atoms with van der Waals surface area (Å²) in [6, 6.07) is 0. The number of ketones is 1. The van der Waals surface area contributed by atoms with E-state index in [1.807, 2.05) is 0 Å². The zero-order valence-electron chi connectivity index (χ0n) is 7.67. The van der Waals surface area contributed by atoms with Gasteiger partial charge in [-0.05, 0) is 20.4 Å². The fourth-order valence-corrected chi connectivity index (χ4v) is 1.14. The van der Waals surface area contributed by atoms with Gasteiger partial charge in [-0.3, -0.25) is 9.59 Å². The number of rotatable bonds is 2. The molecule has 0 unspecified atom stereocenters. The number of nitrogens with two attached hydrogens (primary N) is 1. The van der Waals surface area contributed by atoms with Crippen LogP contribution in [0.25, 0.3) is 0 Å². The highest BCUT2D eigenvalue weighted by molar-refractivity contribution is 5.85. The molecule has 0 spiro atoms. The van der Waals surface area contributed by atoms with Gasteiger partial charge in [0.15, 0.2) is 0 Å². The summed E-state index contributed by atoms with van der Waals surface area (Å²) in [5, 5.41) is 0. The third kappa shape index (κ3) is 3.48. The number of carbonyl (C=O) groups is 2. The van der Waals surface area contributed by atoms with Gasteiger partial charge < -0.3 is 10.6 Å². The lowest BCUT2D eigenvalue weighted by atomic mass is 10.4. The second-order valence-electron chi connectivity index (χ2n) is 2.62. The van der Waals surface area contributed by atoms with E-state index in [4.69, 9.17) is 0 Å². The van der Waals surface area contributed by atoms with E-state index in [-0.39, 0.29) is 11.7 Å². The number of hydrogen-bond acceptors (Lipinski definition) is 3. The van der Waals surface area contributed by atoms with E-state index in [2.05, 4.69) is 5.73 Å². The van der Waals surface area contributed by atoms with Crippen molar-refractivity contribution in [2.75, 3.05) is 20.1 Å². The van der Waals surface area contributed by atoms with Gasteiger partial charge in [0.05, 0.1) is 6.54 Å². The number of Topliss-reactive ketones (excluding diaryl/α,β-unsaturated/α-hetero) is 1. The van der Waals surface area contributed by atoms with E-state index in [9.17, 15) is 9.59 Å². The largest absolute Gasteiger partial charge is 0.335 e. The average molecular weight is 172 g/mol. The van der Waals surface area contributed by atoms with Crippen molar-refractivity contribution in [1.82, 2.24) is 4.90 Å². The molecule has 0 radical (unpaired) electrons. The Kier molecular flexibility index (Phi) is 5.28. The van der Waals surface area contributed by atoms with Crippen LogP contribution in [0.4, 0.5) is 0 Å². The van der Waals surface area contributed by atoms with Crippen LogP contribution in [0.1, 0.15) is 19.8 Å². The van der Waals surface area contributed by atoms with Gasteiger partial charge in [-0.25, -0.2) is 0 Å². The molecule has 1 rings (SSSR count). The third-order valence-corrected chi connectivity index (χ3v) is 1.58. The Bertz CT molecular complexity index is 168. The molecular formula is C8H16N2O2. The molecule has 4 nitrogen and oxygen atoms in total. The van der Waals surface area contributed by atoms with Gasteiger partial charge in [0.2, 0.25) is 5.91 Å². The molecule has 1 fully saturated rings. The van der Waals surface area contributed by atoms with Gasteiger partial charge in [-0.1, -0.05) is 0 Å². The first kappa shape index (κ1) is 11.1. The summed E-state index contributed by atoms with van der Waals surface area (Å²) in [5.41, 5.74) is 4.50. The molecule has 0 saturated carbocycles. The van der Waals surface area contributed by atoms with Gasteiger partial charge in [-0.15, -0.1) is 0 Å². The van der Waals surface area contributed by atoms with E-state index in [0.29, 0.717) is 13.0 Å². The number of nitrogens with zero attached hydrogens (tertiary/aromatic N) is 1. The summed E-state index contributed by atoms with van der Waals surface area (Å²) in [4.78, 5) is 23.0. The molecule has 2 N–H and O–H groups in total. The van der Waals surface area contributed by atoms with Gasteiger partial charge in [0.25, 0.3) is 0 Å². The molecular weight excluding hydrogens is 156 g/mol. The number of carbonyl (C=O) groups excluding carboxylic acids is 2. The van der Waals surface area contributed by atoms with Crippen LogP contribution >= 0.6 is 0 Å². The average Bonchev–Trinajstić information content (AvgIpc) is 2.40. The first-order chi connectivity index (χ1) is 5.70. The Morgan fingerprint density at radius 3 is 2.50 bits per heavy atom. The SMILES string of the molecule is CC(=O)CN1CCCC1=O.CN. The normalized spacial score (nSPS) is 15.6. The minimum atomic E-state index is 0.0650. The molecule has 70 valence electrons. The molecule has 4 heteroatoms. The van der Waals surface area contributed by atoms with Crippen molar-refractivity contribution >= 4 is 11.7 Å². The van der Waals surface area contributed by atoms with E-state index < -0.39 is 0 Å². The van der Waals surface area contributed by atoms with Crippen molar-refractivity contribution in [3.8, 4) is 0 Å². The van der Waals surface area contributed by atoms with E-state index in [0.717, 1.165) is 13.0 Å². The zero-order valence-corrected chi connectivity index (χ0v) is 7.67. The Balaban J connectivity index is 0.000000561. The second-order valence-corrected chi connectivity index (χ2v) is 2.62. The van der Waals surface area contributed by atoms with Crippen molar-refractivity contribution < 1.29 is 9.59 Å². The summed E-state index contributed by atoms with van der Waals surface area (Å²) in [6.45, 7) is 2.57. The summed E-state index contributed by atoms with van der Waals surface area (Å²) < 4.78 is 0. The number of likely N-dealkylation sites (tertiary alicyclic amines) is 1. The monoisotopic (exact) mass is 172 g/mol. The predicted octanol–water partition coefficient (Wildman–Crippen LogP) is -0.227. The predicted molar refractivity (Wildman–Crippen MR) is 46.6 cm³/mol. The maximum absolute atomic E-state index is 10.9. The van der Waals surface area contributed by atoms with Crippen molar-refractivity contribution in [2.45, 2.75) is 19.8 Å². The highest BCUT2D eigenvalue weighted by Crippen LogP contribution is 2.08. The molecule has 0 aliphatic carbocycles. The second kappa shape index (κ2) is 5.71. The maximum atomic E-state index is 10.9. The van der Waals surface area contributed by atoms with Crippen LogP contribution in [0, 0.1) is 0 Å². The van der Waals surface area contributed by atoms with E-state index in [1.54, 1.807) is 4.90 Å². The Labute approximate surface area is 72.7 Å². The minimum Gasteiger partial charge on any atom is -0.335 e. The number of amides is 1. The first-order valence-electron chi connectivity index (χ1n) is 4.05. The topological polar surface area (TPSA) is 63.4 Å². The van der Waals surface area contributed by atoms with Crippen LogP contribution in [-0.4, -0.2) is 36.7 Å². The molecule has 1 aliphatic rings. The van der Waals surface area contributed by atoms with E-state index in [1.165, 1.54) is 14.0 Å². The molecule has 1 aliphatic heterocycles. The maximum Gasteiger partial charge on any atom is 0.223 e. The van der Waals surface area contributed by atoms with Crippen LogP contribution in [0.15, 0.2) is 0 Å². The van der Waals surface area contributed by atoms with Gasteiger partial charge in [-0.2, -0.15) is 0 Å². The minimum absolute atomic E-state index is 0.0650. The van der Waals surface area contributed by atoms with Gasteiger partial charge in [0, 0.05) is 13.0 Å². The molecule has 1 amide bonds. The van der Waals surface area contributed by atoms with Gasteiger partial charge in [0.1, 0.15) is 5.78 Å². The van der Waals surface area contributed by atoms with Crippen LogP contribution in [-0.2, 0) is 9.59 Å². The van der Waals surface area contributed by atoms with Crippen molar-refractivity contribution in [1.29, 1.82) is 0 Å². The molecule has 0 atom stereocenters. The zero-order chi connectivity index (χ0) is 9.56. The number of hydrogen-bond donors (Lipinski definition) is 1. The van der Waals surface area contributed by atoms with Crippen LogP contribution in [0.2, 0.25) is 0 Å². The Morgan fingerprint density at radius 1 is 1.58 bits per heavy atom. The highest BCUT2D eigenvalue weighted by atomic mass is 16.2. The molecule has 1 saturated heterocycles. The van der Waals surface area contributed by atoms with Crippen LogP contribution < -0.4 is 5.73 Å². The molecule has 1 heterocycles. The van der Waals surface area contributed by atoms with Crippen molar-refractivity contribution in [3.05, 3.63) is 0 Å². The van der Waals surface area contributed by atoms with Gasteiger partial charge >= 0.3 is 0 Å². The summed E-state index contributed by atoms with van der Waals surface area (Å²) in [6.07, 6.45) is 1.53. The summed E-state index contributed by atoms with van der Waals surface area (Å²) in [7, 11) is 1.50. The smallest absolute Gasteiger partial charge is 0.223 e. The van der Waals surface area contributed by atoms with Crippen LogP contribution in [0.3, 0.4) is 0 Å². The lowest BCUT2D eigenvalue weighted by molar-refractivity contribution is -0.131. The molecule has 0 bridgehead atoms. The summed E-state index contributed by atoms with van der Waals surface area (Å²) in [5.74, 6) is 0.186. The molecule has 0 aromatic heterocycles. The fraction of sp³-hybridized carbons (Fsp3) is 0.750. The molecule has 0 aromatic rings. The van der Waals surface area contributed by atoms with Crippen LogP contribution in [0.5, 0.6) is 0 Å². The first-order valence-corrected chi connectivity index (χ1v) is 4.05. The molecule has 12 heavy (non-hydrogen) atoms. The Morgan fingerprint density at radius 2 is 2.17 bits per heavy atom. The fourth-order valence-electron chi connectivity index (χ4n) is 1.14. The van der Waals surface area contributed by atoms with Crippen molar-refractivity contribution in [2.24, 2.45) is 5.73 Å². The standard InChI is InChI=1S/C7H11NO2.CH5N/c1-6(9)5-8-4-2-3-7(8)10;1-2/h2-5H2,1H3;2H2,1H3. The lowest BCUT2D eigenvalue weighted by Crippen LogP contribution is -2.29. The summed E-state index contributed by atoms with van der Waals surface area (Å²) >= 11 is 0. The Hall–Kier alpha value is -0.900. The molecule has 0 aromatic carbocycles. The lowest BCUT2D eigenvalue weighted by Gasteiger charge is -2.11. The quantitative estimate of drug-likeness (QED) is 0.626. The third-order valence-electron chi connectivity index (χ3n) is 1.58.